The Morgan fingerprint density at radius 2 is 1.68 bits per heavy atom. The summed E-state index contributed by atoms with van der Waals surface area (Å²) < 4.78 is 11.2. The number of hydrogen-bond acceptors (Lipinski definition) is 5. The quantitative estimate of drug-likeness (QED) is 0.632. The predicted octanol–water partition coefficient (Wildman–Crippen LogP) is 2.59. The van der Waals surface area contributed by atoms with Crippen molar-refractivity contribution in [3.63, 3.8) is 0 Å². The van der Waals surface area contributed by atoms with Crippen molar-refractivity contribution in [1.82, 2.24) is 14.7 Å². The molecule has 31 heavy (non-hydrogen) atoms. The molecule has 3 amide bonds. The largest absolute Gasteiger partial charge is 0.444 e. The monoisotopic (exact) mass is 437 g/mol. The molecule has 176 valence electrons. The van der Waals surface area contributed by atoms with Crippen LogP contribution in [0.4, 0.5) is 9.59 Å². The van der Waals surface area contributed by atoms with Gasteiger partial charge in [0.2, 0.25) is 5.91 Å². The topological polar surface area (TPSA) is 79.4 Å². The summed E-state index contributed by atoms with van der Waals surface area (Å²) in [5, 5.41) is 0. The number of carbonyl (C=O) groups excluding carboxylic acids is 3. The molecule has 0 aromatic carbocycles. The lowest BCUT2D eigenvalue weighted by Crippen LogP contribution is -2.58. The van der Waals surface area contributed by atoms with E-state index in [1.165, 1.54) is 0 Å². The zero-order valence-corrected chi connectivity index (χ0v) is 20.6. The van der Waals surface area contributed by atoms with E-state index in [2.05, 4.69) is 0 Å². The van der Waals surface area contributed by atoms with E-state index in [0.717, 1.165) is 12.8 Å². The maximum atomic E-state index is 13.2. The van der Waals surface area contributed by atoms with Gasteiger partial charge in [0.1, 0.15) is 25.6 Å². The van der Waals surface area contributed by atoms with Crippen LogP contribution in [0.25, 0.3) is 0 Å². The Balaban J connectivity index is 2.26. The maximum Gasteiger partial charge on any atom is 0.411 e. The van der Waals surface area contributed by atoms with Gasteiger partial charge in [0.15, 0.2) is 0 Å². The molecule has 2 saturated heterocycles. The minimum atomic E-state index is -0.683. The summed E-state index contributed by atoms with van der Waals surface area (Å²) in [5.74, 6) is 0.104. The average Bonchev–Trinajstić information content (AvgIpc) is 3.23. The summed E-state index contributed by atoms with van der Waals surface area (Å²) in [7, 11) is 2.04. The molecule has 0 bridgehead atoms. The summed E-state index contributed by atoms with van der Waals surface area (Å²) in [4.78, 5) is 44.1. The van der Waals surface area contributed by atoms with E-state index in [4.69, 9.17) is 9.47 Å². The molecule has 2 atom stereocenters. The molecule has 0 aliphatic carbocycles. The molecule has 2 aliphatic heterocycles. The van der Waals surface area contributed by atoms with Gasteiger partial charge in [-0.05, 0) is 73.2 Å². The standard InChI is InChI=1S/C22H40BN3O5/c1-8-22(11-13-24(15-22)18(28)30-20(2,3)4)26(19(29)31-21(5,6)7)14-17(27)25-12-9-10-16(25)23/h16H,8-15,23H2,1-7H3/t16-,22+/m0/s1. The van der Waals surface area contributed by atoms with E-state index < -0.39 is 28.9 Å². The van der Waals surface area contributed by atoms with Gasteiger partial charge < -0.3 is 19.3 Å². The molecule has 0 aromatic heterocycles. The molecule has 0 saturated carbocycles. The van der Waals surface area contributed by atoms with Gasteiger partial charge in [-0.1, -0.05) is 6.92 Å². The van der Waals surface area contributed by atoms with Gasteiger partial charge in [0, 0.05) is 19.6 Å². The Morgan fingerprint density at radius 1 is 1.06 bits per heavy atom. The number of amides is 3. The highest BCUT2D eigenvalue weighted by molar-refractivity contribution is 6.13. The Hall–Kier alpha value is -1.93. The highest BCUT2D eigenvalue weighted by atomic mass is 16.6. The Labute approximate surface area is 188 Å². The second kappa shape index (κ2) is 9.29. The number of carbonyl (C=O) groups is 3. The van der Waals surface area contributed by atoms with Crippen LogP contribution < -0.4 is 0 Å². The summed E-state index contributed by atoms with van der Waals surface area (Å²) in [6.45, 7) is 14.4. The van der Waals surface area contributed by atoms with Gasteiger partial charge in [0.05, 0.1) is 5.54 Å². The van der Waals surface area contributed by atoms with E-state index in [-0.39, 0.29) is 18.4 Å². The molecule has 2 aliphatic rings. The number of hydrogen-bond donors (Lipinski definition) is 0. The van der Waals surface area contributed by atoms with Gasteiger partial charge in [-0.15, -0.1) is 0 Å². The van der Waals surface area contributed by atoms with E-state index >= 15 is 0 Å². The van der Waals surface area contributed by atoms with Crippen LogP contribution in [0.3, 0.4) is 0 Å². The van der Waals surface area contributed by atoms with Crippen molar-refractivity contribution in [3.8, 4) is 0 Å². The van der Waals surface area contributed by atoms with Crippen LogP contribution >= 0.6 is 0 Å². The summed E-state index contributed by atoms with van der Waals surface area (Å²) in [5.41, 5.74) is -1.95. The average molecular weight is 437 g/mol. The normalized spacial score (nSPS) is 24.3. The molecule has 0 unspecified atom stereocenters. The molecule has 0 radical (unpaired) electrons. The Kier molecular flexibility index (Phi) is 7.59. The SMILES string of the molecule is B[C@@H]1CCCN1C(=O)CN(C(=O)OC(C)(C)C)[C@]1(CC)CCN(C(=O)OC(C)(C)C)C1. The third-order valence-electron chi connectivity index (χ3n) is 6.00. The zero-order valence-electron chi connectivity index (χ0n) is 20.6. The molecular weight excluding hydrogens is 397 g/mol. The van der Waals surface area contributed by atoms with Gasteiger partial charge in [-0.25, -0.2) is 9.59 Å². The highest BCUT2D eigenvalue weighted by Crippen LogP contribution is 2.34. The first kappa shape index (κ1) is 25.3. The molecule has 8 nitrogen and oxygen atoms in total. The van der Waals surface area contributed by atoms with Crippen LogP contribution in [-0.2, 0) is 14.3 Å². The number of nitrogens with zero attached hydrogens (tertiary/aromatic N) is 3. The lowest BCUT2D eigenvalue weighted by Gasteiger charge is -2.41. The van der Waals surface area contributed by atoms with Crippen LogP contribution in [0.1, 0.15) is 74.1 Å². The molecule has 0 aromatic rings. The van der Waals surface area contributed by atoms with Gasteiger partial charge in [-0.2, -0.15) is 0 Å². The van der Waals surface area contributed by atoms with Gasteiger partial charge in [-0.3, -0.25) is 9.69 Å². The minimum Gasteiger partial charge on any atom is -0.444 e. The molecule has 2 rings (SSSR count). The highest BCUT2D eigenvalue weighted by Gasteiger charge is 2.48. The van der Waals surface area contributed by atoms with E-state index in [1.54, 1.807) is 9.80 Å². The van der Waals surface area contributed by atoms with Gasteiger partial charge >= 0.3 is 12.2 Å². The molecule has 0 N–H and O–H groups in total. The minimum absolute atomic E-state index is 0.0464. The summed E-state index contributed by atoms with van der Waals surface area (Å²) in [6.07, 6.45) is 2.22. The first-order valence-electron chi connectivity index (χ1n) is 11.5. The second-order valence-corrected chi connectivity index (χ2v) is 10.9. The van der Waals surface area contributed by atoms with Crippen molar-refractivity contribution in [2.75, 3.05) is 26.2 Å². The van der Waals surface area contributed by atoms with Crippen molar-refractivity contribution < 1.29 is 23.9 Å². The second-order valence-electron chi connectivity index (χ2n) is 10.9. The van der Waals surface area contributed by atoms with Crippen molar-refractivity contribution in [2.24, 2.45) is 0 Å². The molecule has 0 spiro atoms. The van der Waals surface area contributed by atoms with Crippen LogP contribution in [0, 0.1) is 0 Å². The Morgan fingerprint density at radius 3 is 2.16 bits per heavy atom. The van der Waals surface area contributed by atoms with Crippen molar-refractivity contribution in [2.45, 2.75) is 96.8 Å². The van der Waals surface area contributed by atoms with E-state index in [0.29, 0.717) is 32.5 Å². The third-order valence-corrected chi connectivity index (χ3v) is 6.00. The van der Waals surface area contributed by atoms with Gasteiger partial charge in [0.25, 0.3) is 0 Å². The molecule has 2 heterocycles. The lowest BCUT2D eigenvalue weighted by molar-refractivity contribution is -0.133. The van der Waals surface area contributed by atoms with Crippen LogP contribution in [0.15, 0.2) is 0 Å². The van der Waals surface area contributed by atoms with Crippen molar-refractivity contribution in [1.29, 1.82) is 0 Å². The van der Waals surface area contributed by atoms with Crippen LogP contribution in [0.2, 0.25) is 0 Å². The third kappa shape index (κ3) is 6.53. The molecule has 9 heteroatoms. The zero-order chi connectivity index (χ0) is 23.6. The van der Waals surface area contributed by atoms with Crippen molar-refractivity contribution in [3.05, 3.63) is 0 Å². The maximum absolute atomic E-state index is 13.2. The smallest absolute Gasteiger partial charge is 0.411 e. The number of likely N-dealkylation sites (tertiary alicyclic amines) is 2. The van der Waals surface area contributed by atoms with Crippen LogP contribution in [0.5, 0.6) is 0 Å². The fourth-order valence-corrected chi connectivity index (χ4v) is 4.31. The predicted molar refractivity (Wildman–Crippen MR) is 122 cm³/mol. The lowest BCUT2D eigenvalue weighted by atomic mass is 9.92. The first-order valence-corrected chi connectivity index (χ1v) is 11.5. The number of ether oxygens (including phenoxy) is 2. The summed E-state index contributed by atoms with van der Waals surface area (Å²) >= 11 is 0. The Bertz CT molecular complexity index is 688. The van der Waals surface area contributed by atoms with E-state index in [1.807, 2.05) is 61.2 Å². The first-order chi connectivity index (χ1) is 14.2. The number of rotatable bonds is 4. The molecular formula is C22H40BN3O5. The summed E-state index contributed by atoms with van der Waals surface area (Å²) in [6, 6.07) is 0. The van der Waals surface area contributed by atoms with E-state index in [9.17, 15) is 14.4 Å². The van der Waals surface area contributed by atoms with Crippen molar-refractivity contribution >= 4 is 25.9 Å². The fourth-order valence-electron chi connectivity index (χ4n) is 4.31. The van der Waals surface area contributed by atoms with Crippen LogP contribution in [-0.4, -0.2) is 89.5 Å². The fraction of sp³-hybridized carbons (Fsp3) is 0.864. The molecule has 2 fully saturated rings.